The van der Waals surface area contributed by atoms with E-state index < -0.39 is 0 Å². The third kappa shape index (κ3) is 5.13. The molecule has 1 atom stereocenters. The number of amides is 1. The van der Waals surface area contributed by atoms with Crippen LogP contribution in [0.15, 0.2) is 40.8 Å². The Bertz CT molecular complexity index is 730. The van der Waals surface area contributed by atoms with Gasteiger partial charge in [0, 0.05) is 12.1 Å². The minimum Gasteiger partial charge on any atom is -0.494 e. The van der Waals surface area contributed by atoms with Crippen LogP contribution in [0.1, 0.15) is 54.6 Å². The number of likely N-dealkylation sites (tertiary alicyclic amines) is 1. The van der Waals surface area contributed by atoms with E-state index in [-0.39, 0.29) is 11.9 Å². The molecule has 1 aromatic carbocycles. The zero-order valence-electron chi connectivity index (χ0n) is 16.5. The van der Waals surface area contributed by atoms with Gasteiger partial charge in [-0.05, 0) is 82.1 Å². The van der Waals surface area contributed by atoms with Crippen molar-refractivity contribution in [2.75, 3.05) is 26.2 Å². The molecule has 0 saturated carbocycles. The first kappa shape index (κ1) is 19.5. The number of carbonyl (C=O) groups is 1. The molecular formula is C22H30N2O3. The number of nitrogens with zero attached hydrogens (tertiary/aromatic N) is 1. The van der Waals surface area contributed by atoms with Gasteiger partial charge in [-0.15, -0.1) is 0 Å². The Hall–Kier alpha value is -2.27. The van der Waals surface area contributed by atoms with Gasteiger partial charge in [-0.1, -0.05) is 6.92 Å². The van der Waals surface area contributed by atoms with E-state index in [0.29, 0.717) is 18.7 Å². The smallest absolute Gasteiger partial charge is 0.251 e. The summed E-state index contributed by atoms with van der Waals surface area (Å²) in [7, 11) is 0. The first-order chi connectivity index (χ1) is 13.1. The molecule has 1 aliphatic rings. The van der Waals surface area contributed by atoms with E-state index >= 15 is 0 Å². The maximum atomic E-state index is 12.6. The van der Waals surface area contributed by atoms with E-state index in [0.717, 1.165) is 36.3 Å². The Morgan fingerprint density at radius 1 is 1.22 bits per heavy atom. The van der Waals surface area contributed by atoms with Gasteiger partial charge in [0.05, 0.1) is 12.6 Å². The summed E-state index contributed by atoms with van der Waals surface area (Å²) in [5, 5.41) is 3.09. The largest absolute Gasteiger partial charge is 0.494 e. The van der Waals surface area contributed by atoms with Crippen LogP contribution in [0.5, 0.6) is 5.75 Å². The van der Waals surface area contributed by atoms with Crippen molar-refractivity contribution >= 4 is 5.91 Å². The highest BCUT2D eigenvalue weighted by Crippen LogP contribution is 2.27. The normalized spacial score (nSPS) is 16.9. The molecule has 0 unspecified atom stereocenters. The van der Waals surface area contributed by atoms with Crippen LogP contribution in [0.3, 0.4) is 0 Å². The fourth-order valence-electron chi connectivity index (χ4n) is 3.54. The Morgan fingerprint density at radius 3 is 2.52 bits per heavy atom. The Balaban J connectivity index is 1.65. The maximum absolute atomic E-state index is 12.6. The number of hydrogen-bond acceptors (Lipinski definition) is 4. The molecule has 0 radical (unpaired) electrons. The summed E-state index contributed by atoms with van der Waals surface area (Å²) >= 11 is 0. The molecule has 1 amide bonds. The number of ether oxygens (including phenoxy) is 1. The number of nitrogens with one attached hydrogen (secondary N) is 1. The summed E-state index contributed by atoms with van der Waals surface area (Å²) in [4.78, 5) is 15.0. The van der Waals surface area contributed by atoms with E-state index in [1.54, 1.807) is 12.1 Å². The fourth-order valence-corrected chi connectivity index (χ4v) is 3.54. The highest BCUT2D eigenvalue weighted by Gasteiger charge is 2.27. The van der Waals surface area contributed by atoms with Crippen LogP contribution in [-0.2, 0) is 0 Å². The molecule has 1 aromatic heterocycles. The van der Waals surface area contributed by atoms with Gasteiger partial charge in [-0.3, -0.25) is 9.69 Å². The minimum atomic E-state index is -0.0725. The highest BCUT2D eigenvalue weighted by atomic mass is 16.5. The molecule has 2 aromatic rings. The summed E-state index contributed by atoms with van der Waals surface area (Å²) in [5.74, 6) is 3.29. The molecule has 5 heteroatoms. The number of carbonyl (C=O) groups excluding carboxylic acids is 1. The van der Waals surface area contributed by atoms with Crippen LogP contribution >= 0.6 is 0 Å². The average Bonchev–Trinajstić information content (AvgIpc) is 3.10. The predicted molar refractivity (Wildman–Crippen MR) is 106 cm³/mol. The Morgan fingerprint density at radius 2 is 1.93 bits per heavy atom. The summed E-state index contributed by atoms with van der Waals surface area (Å²) in [6, 6.07) is 11.3. The third-order valence-corrected chi connectivity index (χ3v) is 5.23. The minimum absolute atomic E-state index is 0.0675. The summed E-state index contributed by atoms with van der Waals surface area (Å²) in [6.07, 6.45) is 2.37. The van der Waals surface area contributed by atoms with Crippen LogP contribution in [0.25, 0.3) is 0 Å². The van der Waals surface area contributed by atoms with Gasteiger partial charge in [-0.2, -0.15) is 0 Å². The monoisotopic (exact) mass is 370 g/mol. The molecule has 146 valence electrons. The fraction of sp³-hybridized carbons (Fsp3) is 0.500. The quantitative estimate of drug-likeness (QED) is 0.794. The second-order valence-electron chi connectivity index (χ2n) is 7.35. The molecular weight excluding hydrogens is 340 g/mol. The van der Waals surface area contributed by atoms with Crippen molar-refractivity contribution in [3.8, 4) is 5.75 Å². The lowest BCUT2D eigenvalue weighted by molar-refractivity contribution is 0.0895. The van der Waals surface area contributed by atoms with Crippen molar-refractivity contribution in [3.05, 3.63) is 53.5 Å². The molecule has 1 N–H and O–H groups in total. The van der Waals surface area contributed by atoms with Crippen molar-refractivity contribution in [2.24, 2.45) is 5.92 Å². The molecule has 3 rings (SSSR count). The van der Waals surface area contributed by atoms with E-state index in [4.69, 9.17) is 9.15 Å². The lowest BCUT2D eigenvalue weighted by atomic mass is 9.97. The van der Waals surface area contributed by atoms with E-state index in [2.05, 4.69) is 17.1 Å². The van der Waals surface area contributed by atoms with E-state index in [1.165, 1.54) is 12.8 Å². The lowest BCUT2D eigenvalue weighted by Crippen LogP contribution is -2.41. The third-order valence-electron chi connectivity index (χ3n) is 5.23. The first-order valence-corrected chi connectivity index (χ1v) is 9.88. The molecule has 0 aliphatic carbocycles. The molecule has 0 spiro atoms. The summed E-state index contributed by atoms with van der Waals surface area (Å²) in [5.41, 5.74) is 0.639. The number of furan rings is 1. The second kappa shape index (κ2) is 9.09. The maximum Gasteiger partial charge on any atom is 0.251 e. The SMILES string of the molecule is CCOc1ccc(C(=O)NC[C@H](c2ccc(C)o2)N2CCC(C)CC2)cc1. The molecule has 1 aliphatic heterocycles. The van der Waals surface area contributed by atoms with Crippen molar-refractivity contribution in [3.63, 3.8) is 0 Å². The van der Waals surface area contributed by atoms with Crippen molar-refractivity contribution in [1.29, 1.82) is 0 Å². The van der Waals surface area contributed by atoms with Crippen LogP contribution in [0.4, 0.5) is 0 Å². The second-order valence-corrected chi connectivity index (χ2v) is 7.35. The van der Waals surface area contributed by atoms with E-state index in [9.17, 15) is 4.79 Å². The average molecular weight is 370 g/mol. The summed E-state index contributed by atoms with van der Waals surface area (Å²) < 4.78 is 11.3. The zero-order chi connectivity index (χ0) is 19.2. The molecule has 2 heterocycles. The number of piperidine rings is 1. The van der Waals surface area contributed by atoms with Gasteiger partial charge in [-0.25, -0.2) is 0 Å². The van der Waals surface area contributed by atoms with Gasteiger partial charge in [0.1, 0.15) is 17.3 Å². The van der Waals surface area contributed by atoms with E-state index in [1.807, 2.05) is 38.1 Å². The first-order valence-electron chi connectivity index (χ1n) is 9.88. The molecule has 27 heavy (non-hydrogen) atoms. The Labute approximate surface area is 161 Å². The number of aryl methyl sites for hydroxylation is 1. The molecule has 0 bridgehead atoms. The van der Waals surface area contributed by atoms with Crippen molar-refractivity contribution < 1.29 is 13.9 Å². The standard InChI is InChI=1S/C22H30N2O3/c1-4-26-19-8-6-18(7-9-19)22(25)23-15-20(21-10-5-17(3)27-21)24-13-11-16(2)12-14-24/h5-10,16,20H,4,11-15H2,1-3H3,(H,23,25)/t20-/m1/s1. The van der Waals surface area contributed by atoms with Gasteiger partial charge in [0.25, 0.3) is 5.91 Å². The molecule has 5 nitrogen and oxygen atoms in total. The number of rotatable bonds is 7. The highest BCUT2D eigenvalue weighted by molar-refractivity contribution is 5.94. The van der Waals surface area contributed by atoms with Crippen LogP contribution in [-0.4, -0.2) is 37.0 Å². The number of hydrogen-bond donors (Lipinski definition) is 1. The Kier molecular flexibility index (Phi) is 6.56. The summed E-state index contributed by atoms with van der Waals surface area (Å²) in [6.45, 7) is 9.42. The van der Waals surface area contributed by atoms with Crippen LogP contribution < -0.4 is 10.1 Å². The van der Waals surface area contributed by atoms with Gasteiger partial charge >= 0.3 is 0 Å². The van der Waals surface area contributed by atoms with Gasteiger partial charge in [0.2, 0.25) is 0 Å². The molecule has 1 fully saturated rings. The molecule has 1 saturated heterocycles. The van der Waals surface area contributed by atoms with Gasteiger partial charge < -0.3 is 14.5 Å². The lowest BCUT2D eigenvalue weighted by Gasteiger charge is -2.35. The van der Waals surface area contributed by atoms with Crippen molar-refractivity contribution in [1.82, 2.24) is 10.2 Å². The zero-order valence-corrected chi connectivity index (χ0v) is 16.5. The van der Waals surface area contributed by atoms with Crippen molar-refractivity contribution in [2.45, 2.75) is 39.7 Å². The van der Waals surface area contributed by atoms with Gasteiger partial charge in [0.15, 0.2) is 0 Å². The van der Waals surface area contributed by atoms with Crippen LogP contribution in [0.2, 0.25) is 0 Å². The topological polar surface area (TPSA) is 54.7 Å². The predicted octanol–water partition coefficient (Wildman–Crippen LogP) is 4.19. The number of benzene rings is 1. The van der Waals surface area contributed by atoms with Crippen LogP contribution in [0, 0.1) is 12.8 Å².